The Labute approximate surface area is 195 Å². The fourth-order valence-corrected chi connectivity index (χ4v) is 4.62. The Bertz CT molecular complexity index is 1370. The van der Waals surface area contributed by atoms with Crippen LogP contribution in [0, 0.1) is 6.92 Å². The molecular formula is C24H25N5O5. The van der Waals surface area contributed by atoms with Gasteiger partial charge in [0.2, 0.25) is 23.4 Å². The molecule has 2 aromatic carbocycles. The number of aryl methyl sites for hydroxylation is 1. The second-order valence-electron chi connectivity index (χ2n) is 7.91. The Morgan fingerprint density at radius 1 is 1.00 bits per heavy atom. The summed E-state index contributed by atoms with van der Waals surface area (Å²) in [5.41, 5.74) is 4.05. The second-order valence-corrected chi connectivity index (χ2v) is 7.91. The number of benzene rings is 2. The smallest absolute Gasteiger partial charge is 0.231 e. The summed E-state index contributed by atoms with van der Waals surface area (Å²) in [7, 11) is 6.18. The number of para-hydroxylation sites is 2. The van der Waals surface area contributed by atoms with E-state index < -0.39 is 0 Å². The van der Waals surface area contributed by atoms with Gasteiger partial charge < -0.3 is 29.2 Å². The summed E-state index contributed by atoms with van der Waals surface area (Å²) in [5.74, 6) is 2.34. The fourth-order valence-electron chi connectivity index (χ4n) is 4.62. The molecule has 0 fully saturated rings. The van der Waals surface area contributed by atoms with Crippen molar-refractivity contribution < 1.29 is 23.7 Å². The van der Waals surface area contributed by atoms with E-state index >= 15 is 0 Å². The lowest BCUT2D eigenvalue weighted by Gasteiger charge is -2.27. The average molecular weight is 463 g/mol. The van der Waals surface area contributed by atoms with Crippen molar-refractivity contribution in [2.24, 2.45) is 0 Å². The summed E-state index contributed by atoms with van der Waals surface area (Å²) in [6.07, 6.45) is 0.203. The molecule has 34 heavy (non-hydrogen) atoms. The summed E-state index contributed by atoms with van der Waals surface area (Å²) in [4.78, 5) is 20.8. The van der Waals surface area contributed by atoms with Gasteiger partial charge >= 0.3 is 0 Å². The van der Waals surface area contributed by atoms with Gasteiger partial charge in [-0.15, -0.1) is 0 Å². The van der Waals surface area contributed by atoms with Gasteiger partial charge in [0.05, 0.1) is 45.2 Å². The van der Waals surface area contributed by atoms with Crippen LogP contribution in [-0.2, 0) is 4.79 Å². The maximum absolute atomic E-state index is 12.9. The first-order chi connectivity index (χ1) is 16.5. The quantitative estimate of drug-likeness (QED) is 0.450. The van der Waals surface area contributed by atoms with Crippen molar-refractivity contribution in [3.63, 3.8) is 0 Å². The fraction of sp³-hybridized carbons (Fsp3) is 0.292. The second kappa shape index (κ2) is 8.29. The molecule has 1 atom stereocenters. The number of carbonyl (C=O) groups is 1. The maximum atomic E-state index is 12.9. The molecule has 10 nitrogen and oxygen atoms in total. The van der Waals surface area contributed by atoms with Crippen molar-refractivity contribution >= 4 is 22.8 Å². The molecule has 1 aliphatic rings. The lowest BCUT2D eigenvalue weighted by molar-refractivity contribution is -0.116. The van der Waals surface area contributed by atoms with Gasteiger partial charge in [0.1, 0.15) is 5.82 Å². The number of amides is 1. The van der Waals surface area contributed by atoms with E-state index in [2.05, 4.69) is 15.3 Å². The summed E-state index contributed by atoms with van der Waals surface area (Å²) >= 11 is 0. The molecule has 3 heterocycles. The van der Waals surface area contributed by atoms with Crippen molar-refractivity contribution in [3.8, 4) is 28.9 Å². The van der Waals surface area contributed by atoms with Crippen molar-refractivity contribution in [2.45, 2.75) is 19.3 Å². The molecule has 0 bridgehead atoms. The zero-order valence-corrected chi connectivity index (χ0v) is 19.6. The molecule has 0 saturated carbocycles. The standard InChI is InChI=1S/C24H25N5O5/c1-12-19-13(14-10-17(31-2)21(33-4)22(34-5)20(14)32-3)11-18(30)27-23(19)29(28-12)24-25-15-8-6-7-9-16(15)26-24/h6-10,13H,11H2,1-5H3,(H,25,26)(H,27,30). The lowest BCUT2D eigenvalue weighted by Crippen LogP contribution is -2.25. The molecule has 0 saturated heterocycles. The van der Waals surface area contributed by atoms with Crippen LogP contribution in [0.2, 0.25) is 0 Å². The van der Waals surface area contributed by atoms with Gasteiger partial charge in [-0.05, 0) is 25.1 Å². The third-order valence-corrected chi connectivity index (χ3v) is 6.07. The summed E-state index contributed by atoms with van der Waals surface area (Å²) in [5, 5.41) is 7.71. The van der Waals surface area contributed by atoms with Crippen molar-refractivity contribution in [1.29, 1.82) is 0 Å². The first-order valence-corrected chi connectivity index (χ1v) is 10.7. The van der Waals surface area contributed by atoms with Gasteiger partial charge in [-0.25, -0.2) is 4.98 Å². The number of hydrogen-bond acceptors (Lipinski definition) is 7. The highest BCUT2D eigenvalue weighted by Gasteiger charge is 2.37. The first kappa shape index (κ1) is 21.6. The van der Waals surface area contributed by atoms with Crippen LogP contribution in [0.25, 0.3) is 17.0 Å². The number of rotatable bonds is 6. The molecule has 10 heteroatoms. The van der Waals surface area contributed by atoms with Crippen molar-refractivity contribution in [3.05, 3.63) is 47.2 Å². The Morgan fingerprint density at radius 3 is 2.41 bits per heavy atom. The molecule has 4 aromatic rings. The third-order valence-electron chi connectivity index (χ3n) is 6.07. The molecule has 0 spiro atoms. The summed E-state index contributed by atoms with van der Waals surface area (Å²) in [6.45, 7) is 1.91. The number of nitrogens with one attached hydrogen (secondary N) is 2. The Hall–Kier alpha value is -4.21. The average Bonchev–Trinajstić information content (AvgIpc) is 3.42. The Balaban J connectivity index is 1.72. The number of nitrogens with zero attached hydrogens (tertiary/aromatic N) is 3. The number of aromatic amines is 1. The van der Waals surface area contributed by atoms with E-state index in [0.717, 1.165) is 27.9 Å². The minimum Gasteiger partial charge on any atom is -0.493 e. The molecule has 5 rings (SSSR count). The summed E-state index contributed by atoms with van der Waals surface area (Å²) in [6, 6.07) is 9.54. The van der Waals surface area contributed by atoms with E-state index in [9.17, 15) is 4.79 Å². The Morgan fingerprint density at radius 2 is 1.74 bits per heavy atom. The van der Waals surface area contributed by atoms with Crippen LogP contribution in [0.1, 0.15) is 29.2 Å². The van der Waals surface area contributed by atoms with Gasteiger partial charge in [-0.1, -0.05) is 12.1 Å². The number of ether oxygens (including phenoxy) is 4. The van der Waals surface area contributed by atoms with E-state index in [0.29, 0.717) is 34.8 Å². The number of methoxy groups -OCH3 is 4. The van der Waals surface area contributed by atoms with Gasteiger partial charge in [-0.2, -0.15) is 9.78 Å². The van der Waals surface area contributed by atoms with Crippen molar-refractivity contribution in [1.82, 2.24) is 19.7 Å². The zero-order valence-electron chi connectivity index (χ0n) is 19.6. The van der Waals surface area contributed by atoms with Crippen molar-refractivity contribution in [2.75, 3.05) is 33.8 Å². The number of fused-ring (bicyclic) bond motifs is 2. The minimum atomic E-state index is -0.356. The SMILES string of the molecule is COc1cc(C2CC(=O)Nc3c2c(C)nn3-c2nc3ccccc3[nH]2)c(OC)c(OC)c1OC. The predicted molar refractivity (Wildman–Crippen MR) is 126 cm³/mol. The van der Waals surface area contributed by atoms with Crippen LogP contribution in [0.3, 0.4) is 0 Å². The topological polar surface area (TPSA) is 113 Å². The van der Waals surface area contributed by atoms with E-state index in [1.807, 2.05) is 37.3 Å². The van der Waals surface area contributed by atoms with E-state index in [1.165, 1.54) is 14.2 Å². The van der Waals surface area contributed by atoms with Crippen LogP contribution in [0.5, 0.6) is 23.0 Å². The minimum absolute atomic E-state index is 0.148. The number of aromatic nitrogens is 4. The lowest BCUT2D eigenvalue weighted by atomic mass is 9.84. The van der Waals surface area contributed by atoms with Crippen LogP contribution >= 0.6 is 0 Å². The number of anilines is 1. The van der Waals surface area contributed by atoms with E-state index in [1.54, 1.807) is 18.9 Å². The maximum Gasteiger partial charge on any atom is 0.231 e. The van der Waals surface area contributed by atoms with Gasteiger partial charge in [0.15, 0.2) is 11.5 Å². The monoisotopic (exact) mass is 463 g/mol. The van der Waals surface area contributed by atoms with Crippen LogP contribution in [-0.4, -0.2) is 54.1 Å². The first-order valence-electron chi connectivity index (χ1n) is 10.7. The van der Waals surface area contributed by atoms with E-state index in [-0.39, 0.29) is 18.2 Å². The van der Waals surface area contributed by atoms with Gasteiger partial charge in [0, 0.05) is 23.5 Å². The highest BCUT2D eigenvalue weighted by molar-refractivity contribution is 5.95. The number of imidazole rings is 1. The highest BCUT2D eigenvalue weighted by atomic mass is 16.5. The van der Waals surface area contributed by atoms with Crippen LogP contribution in [0.15, 0.2) is 30.3 Å². The molecule has 2 N–H and O–H groups in total. The number of carbonyl (C=O) groups excluding carboxylic acids is 1. The molecule has 2 aromatic heterocycles. The molecular weight excluding hydrogens is 438 g/mol. The largest absolute Gasteiger partial charge is 0.493 e. The third kappa shape index (κ3) is 3.21. The molecule has 1 unspecified atom stereocenters. The number of hydrogen-bond donors (Lipinski definition) is 2. The highest BCUT2D eigenvalue weighted by Crippen LogP contribution is 2.52. The Kier molecular flexibility index (Phi) is 5.27. The molecule has 1 amide bonds. The van der Waals surface area contributed by atoms with Gasteiger partial charge in [0.25, 0.3) is 0 Å². The van der Waals surface area contributed by atoms with E-state index in [4.69, 9.17) is 24.0 Å². The van der Waals surface area contributed by atoms with Crippen LogP contribution in [0.4, 0.5) is 5.82 Å². The zero-order chi connectivity index (χ0) is 24.0. The molecule has 1 aliphatic heterocycles. The molecule has 0 radical (unpaired) electrons. The normalized spacial score (nSPS) is 15.1. The summed E-state index contributed by atoms with van der Waals surface area (Å²) < 4.78 is 24.1. The molecule has 176 valence electrons. The predicted octanol–water partition coefficient (Wildman–Crippen LogP) is 3.57. The number of H-pyrrole nitrogens is 1. The van der Waals surface area contributed by atoms with Gasteiger partial charge in [-0.3, -0.25) is 4.79 Å². The van der Waals surface area contributed by atoms with Crippen LogP contribution < -0.4 is 24.3 Å². The molecule has 0 aliphatic carbocycles.